The van der Waals surface area contributed by atoms with Crippen LogP contribution in [0.5, 0.6) is 0 Å². The molecule has 4 fully saturated rings. The van der Waals surface area contributed by atoms with Crippen LogP contribution in [0.15, 0.2) is 36.4 Å². The van der Waals surface area contributed by atoms with Gasteiger partial charge >= 0.3 is 0 Å². The molecule has 0 spiro atoms. The largest absolute Gasteiger partial charge is 0.393 e. The Kier molecular flexibility index (Phi) is 5.21. The third-order valence-corrected chi connectivity index (χ3v) is 10.2. The summed E-state index contributed by atoms with van der Waals surface area (Å²) in [6, 6.07) is 10.2. The van der Waals surface area contributed by atoms with Gasteiger partial charge in [0, 0.05) is 5.92 Å². The first-order valence-corrected chi connectivity index (χ1v) is 12.4. The molecule has 1 aromatic rings. The van der Waals surface area contributed by atoms with Gasteiger partial charge in [0.25, 0.3) is 0 Å². The lowest BCUT2D eigenvalue weighted by Gasteiger charge is -2.60. The molecule has 0 amide bonds. The molecular formula is C28H38O2. The maximum absolute atomic E-state index is 13.3. The zero-order valence-corrected chi connectivity index (χ0v) is 18.7. The van der Waals surface area contributed by atoms with E-state index >= 15 is 0 Å². The number of carbonyl (C=O) groups is 1. The van der Waals surface area contributed by atoms with Crippen molar-refractivity contribution in [3.8, 4) is 0 Å². The molecule has 0 heterocycles. The first-order chi connectivity index (χ1) is 14.4. The van der Waals surface area contributed by atoms with Crippen LogP contribution in [0.4, 0.5) is 0 Å². The third-order valence-electron chi connectivity index (χ3n) is 10.2. The Morgan fingerprint density at radius 3 is 2.47 bits per heavy atom. The average molecular weight is 407 g/mol. The van der Waals surface area contributed by atoms with Crippen LogP contribution in [0.1, 0.15) is 77.2 Å². The Bertz CT molecular complexity index is 813. The molecule has 0 aromatic heterocycles. The highest BCUT2D eigenvalue weighted by atomic mass is 16.3. The summed E-state index contributed by atoms with van der Waals surface area (Å²) in [6.07, 6.45) is 14.4. The Balaban J connectivity index is 1.34. The Hall–Kier alpha value is -1.41. The lowest BCUT2D eigenvalue weighted by molar-refractivity contribution is -0.136. The highest BCUT2D eigenvalue weighted by molar-refractivity contribution is 5.96. The van der Waals surface area contributed by atoms with Gasteiger partial charge in [-0.2, -0.15) is 0 Å². The first-order valence-electron chi connectivity index (χ1n) is 12.4. The van der Waals surface area contributed by atoms with Crippen LogP contribution < -0.4 is 0 Å². The molecule has 0 unspecified atom stereocenters. The van der Waals surface area contributed by atoms with Crippen LogP contribution in [0.2, 0.25) is 0 Å². The van der Waals surface area contributed by atoms with Gasteiger partial charge in [-0.3, -0.25) is 4.79 Å². The Morgan fingerprint density at radius 1 is 0.933 bits per heavy atom. The minimum atomic E-state index is -0.0710. The maximum Gasteiger partial charge on any atom is 0.159 e. The van der Waals surface area contributed by atoms with Crippen LogP contribution in [-0.2, 0) is 4.79 Å². The second-order valence-corrected chi connectivity index (χ2v) is 11.4. The van der Waals surface area contributed by atoms with Gasteiger partial charge in [-0.05, 0) is 104 Å². The van der Waals surface area contributed by atoms with Gasteiger partial charge in [-0.15, -0.1) is 0 Å². The van der Waals surface area contributed by atoms with Crippen molar-refractivity contribution >= 4 is 11.9 Å². The van der Waals surface area contributed by atoms with Gasteiger partial charge in [-0.25, -0.2) is 0 Å². The Labute approximate surface area is 182 Å². The number of hydrogen-bond donors (Lipinski definition) is 1. The normalized spacial score (nSPS) is 45.6. The summed E-state index contributed by atoms with van der Waals surface area (Å²) in [7, 11) is 0. The molecule has 2 heteroatoms. The monoisotopic (exact) mass is 406 g/mol. The molecule has 4 aliphatic carbocycles. The van der Waals surface area contributed by atoms with Gasteiger partial charge in [0.2, 0.25) is 0 Å². The van der Waals surface area contributed by atoms with E-state index in [2.05, 4.69) is 26.0 Å². The molecule has 0 aliphatic heterocycles. The predicted molar refractivity (Wildman–Crippen MR) is 122 cm³/mol. The summed E-state index contributed by atoms with van der Waals surface area (Å²) in [5.74, 6) is 3.55. The lowest BCUT2D eigenvalue weighted by Crippen LogP contribution is -2.54. The van der Waals surface area contributed by atoms with E-state index in [-0.39, 0.29) is 17.4 Å². The van der Waals surface area contributed by atoms with E-state index in [1.165, 1.54) is 38.5 Å². The summed E-state index contributed by atoms with van der Waals surface area (Å²) in [4.78, 5) is 13.3. The molecule has 4 saturated carbocycles. The van der Waals surface area contributed by atoms with Crippen LogP contribution in [0, 0.1) is 40.4 Å². The molecule has 0 saturated heterocycles. The zero-order chi connectivity index (χ0) is 20.9. The van der Waals surface area contributed by atoms with Gasteiger partial charge in [-0.1, -0.05) is 50.3 Å². The Morgan fingerprint density at radius 2 is 1.67 bits per heavy atom. The van der Waals surface area contributed by atoms with E-state index in [0.29, 0.717) is 23.0 Å². The number of allylic oxidation sites excluding steroid dienone is 1. The quantitative estimate of drug-likeness (QED) is 0.599. The molecule has 0 bridgehead atoms. The standard InChI is InChI=1S/C28H38O2/c1-27-16-14-21(29)18-20(27)9-10-22-23-11-12-25(28(23,2)17-15-24(22)27)26(30)13-8-19-6-4-3-5-7-19/h3-8,13,20-25,29H,9-12,14-18H2,1-2H3/b13-8+/t20-,21-,22-,23-,24-,25+,27-,28-/m0/s1. The number of hydrogen-bond acceptors (Lipinski definition) is 2. The van der Waals surface area contributed by atoms with Crippen molar-refractivity contribution in [1.82, 2.24) is 0 Å². The topological polar surface area (TPSA) is 37.3 Å². The van der Waals surface area contributed by atoms with Crippen molar-refractivity contribution < 1.29 is 9.90 Å². The molecule has 5 rings (SSSR count). The summed E-state index contributed by atoms with van der Waals surface area (Å²) in [5, 5.41) is 10.2. The van der Waals surface area contributed by atoms with Crippen molar-refractivity contribution in [3.63, 3.8) is 0 Å². The van der Waals surface area contributed by atoms with Crippen LogP contribution in [0.3, 0.4) is 0 Å². The molecule has 2 nitrogen and oxygen atoms in total. The highest BCUT2D eigenvalue weighted by Gasteiger charge is 2.60. The zero-order valence-electron chi connectivity index (χ0n) is 18.7. The molecule has 1 aromatic carbocycles. The second kappa shape index (κ2) is 7.62. The number of carbonyl (C=O) groups excluding carboxylic acids is 1. The van der Waals surface area contributed by atoms with E-state index < -0.39 is 0 Å². The van der Waals surface area contributed by atoms with E-state index in [1.807, 2.05) is 30.4 Å². The third kappa shape index (κ3) is 3.22. The van der Waals surface area contributed by atoms with E-state index in [4.69, 9.17) is 0 Å². The fourth-order valence-corrected chi connectivity index (χ4v) is 8.56. The summed E-state index contributed by atoms with van der Waals surface area (Å²) in [6.45, 7) is 4.99. The molecule has 8 atom stereocenters. The molecule has 162 valence electrons. The first kappa shape index (κ1) is 20.5. The van der Waals surface area contributed by atoms with Crippen molar-refractivity contribution in [2.24, 2.45) is 40.4 Å². The number of aliphatic hydroxyl groups excluding tert-OH is 1. The fourth-order valence-electron chi connectivity index (χ4n) is 8.56. The van der Waals surface area contributed by atoms with Crippen molar-refractivity contribution in [2.45, 2.75) is 77.7 Å². The van der Waals surface area contributed by atoms with Crippen molar-refractivity contribution in [1.29, 1.82) is 0 Å². The number of rotatable bonds is 3. The van der Waals surface area contributed by atoms with Crippen LogP contribution in [-0.4, -0.2) is 17.0 Å². The minimum Gasteiger partial charge on any atom is -0.393 e. The van der Waals surface area contributed by atoms with Crippen LogP contribution >= 0.6 is 0 Å². The van der Waals surface area contributed by atoms with Gasteiger partial charge in [0.1, 0.15) is 0 Å². The summed E-state index contributed by atoms with van der Waals surface area (Å²) in [5.41, 5.74) is 1.70. The van der Waals surface area contributed by atoms with Gasteiger partial charge in [0.05, 0.1) is 6.10 Å². The van der Waals surface area contributed by atoms with E-state index in [1.54, 1.807) is 0 Å². The number of ketones is 1. The maximum atomic E-state index is 13.3. The van der Waals surface area contributed by atoms with Crippen LogP contribution in [0.25, 0.3) is 6.08 Å². The van der Waals surface area contributed by atoms with Crippen molar-refractivity contribution in [2.75, 3.05) is 0 Å². The predicted octanol–water partition coefficient (Wildman–Crippen LogP) is 6.29. The average Bonchev–Trinajstić information content (AvgIpc) is 3.10. The van der Waals surface area contributed by atoms with E-state index in [0.717, 1.165) is 36.7 Å². The summed E-state index contributed by atoms with van der Waals surface area (Å²) < 4.78 is 0. The number of aliphatic hydroxyl groups is 1. The molecule has 30 heavy (non-hydrogen) atoms. The van der Waals surface area contributed by atoms with Crippen molar-refractivity contribution in [3.05, 3.63) is 42.0 Å². The smallest absolute Gasteiger partial charge is 0.159 e. The second-order valence-electron chi connectivity index (χ2n) is 11.4. The fraction of sp³-hybridized carbons (Fsp3) is 0.679. The van der Waals surface area contributed by atoms with Gasteiger partial charge < -0.3 is 5.11 Å². The minimum absolute atomic E-state index is 0.0710. The number of fused-ring (bicyclic) bond motifs is 5. The molecule has 0 radical (unpaired) electrons. The molecular weight excluding hydrogens is 368 g/mol. The summed E-state index contributed by atoms with van der Waals surface area (Å²) >= 11 is 0. The highest BCUT2D eigenvalue weighted by Crippen LogP contribution is 2.67. The SMILES string of the molecule is C[C@]12CC[C@H](O)C[C@@H]1CC[C@@H]1[C@@H]2CC[C@]2(C)[C@@H](C(=O)/C=C/c3ccccc3)CC[C@@H]12. The molecule has 1 N–H and O–H groups in total. The van der Waals surface area contributed by atoms with E-state index in [9.17, 15) is 9.90 Å². The molecule has 4 aliphatic rings. The number of benzene rings is 1. The van der Waals surface area contributed by atoms with Gasteiger partial charge in [0.15, 0.2) is 5.78 Å². The lowest BCUT2D eigenvalue weighted by atomic mass is 9.44.